The number of hydrogen-bond acceptors (Lipinski definition) is 3. The van der Waals surface area contributed by atoms with Crippen LogP contribution in [0.15, 0.2) is 36.4 Å². The molecule has 0 unspecified atom stereocenters. The van der Waals surface area contributed by atoms with E-state index in [0.717, 1.165) is 25.1 Å². The summed E-state index contributed by atoms with van der Waals surface area (Å²) in [6.45, 7) is 2.84. The van der Waals surface area contributed by atoms with Crippen LogP contribution in [0.25, 0.3) is 11.3 Å². The summed E-state index contributed by atoms with van der Waals surface area (Å²) >= 11 is 0. The van der Waals surface area contributed by atoms with Crippen molar-refractivity contribution in [1.82, 2.24) is 10.2 Å². The molecule has 3 nitrogen and oxygen atoms in total. The van der Waals surface area contributed by atoms with Crippen molar-refractivity contribution in [2.24, 2.45) is 0 Å². The van der Waals surface area contributed by atoms with Crippen LogP contribution < -0.4 is 5.32 Å². The highest BCUT2D eigenvalue weighted by Gasteiger charge is 2.29. The van der Waals surface area contributed by atoms with Gasteiger partial charge >= 0.3 is 6.18 Å². The fourth-order valence-electron chi connectivity index (χ4n) is 1.66. The van der Waals surface area contributed by atoms with Crippen molar-refractivity contribution in [3.8, 4) is 11.3 Å². The van der Waals surface area contributed by atoms with Crippen molar-refractivity contribution in [2.75, 3.05) is 11.9 Å². The van der Waals surface area contributed by atoms with Gasteiger partial charge in [0.2, 0.25) is 0 Å². The van der Waals surface area contributed by atoms with E-state index in [9.17, 15) is 13.2 Å². The quantitative estimate of drug-likeness (QED) is 0.921. The topological polar surface area (TPSA) is 37.8 Å². The molecule has 20 heavy (non-hydrogen) atoms. The van der Waals surface area contributed by atoms with E-state index >= 15 is 0 Å². The van der Waals surface area contributed by atoms with Crippen LogP contribution >= 0.6 is 0 Å². The Bertz CT molecular complexity index is 547. The Balaban J connectivity index is 2.15. The highest BCUT2D eigenvalue weighted by atomic mass is 19.4. The Morgan fingerprint density at radius 3 is 2.20 bits per heavy atom. The molecule has 0 bridgehead atoms. The summed E-state index contributed by atoms with van der Waals surface area (Å²) in [5, 5.41) is 11.1. The predicted octanol–water partition coefficient (Wildman–Crippen LogP) is 3.98. The van der Waals surface area contributed by atoms with Gasteiger partial charge in [0.25, 0.3) is 0 Å². The van der Waals surface area contributed by atoms with Crippen LogP contribution in [0.2, 0.25) is 0 Å². The molecule has 2 rings (SSSR count). The van der Waals surface area contributed by atoms with Gasteiger partial charge in [0.15, 0.2) is 0 Å². The van der Waals surface area contributed by atoms with Gasteiger partial charge in [0, 0.05) is 12.1 Å². The minimum Gasteiger partial charge on any atom is -0.369 e. The molecule has 1 heterocycles. The average Bonchev–Trinajstić information content (AvgIpc) is 2.45. The minimum absolute atomic E-state index is 0.542. The van der Waals surface area contributed by atoms with Crippen LogP contribution in [-0.2, 0) is 6.18 Å². The Morgan fingerprint density at radius 2 is 1.70 bits per heavy atom. The van der Waals surface area contributed by atoms with E-state index < -0.39 is 11.7 Å². The van der Waals surface area contributed by atoms with Gasteiger partial charge in [-0.15, -0.1) is 10.2 Å². The van der Waals surface area contributed by atoms with E-state index in [0.29, 0.717) is 17.1 Å². The maximum atomic E-state index is 12.5. The van der Waals surface area contributed by atoms with Gasteiger partial charge in [-0.05, 0) is 30.7 Å². The normalized spacial score (nSPS) is 11.4. The van der Waals surface area contributed by atoms with Gasteiger partial charge in [0.05, 0.1) is 11.3 Å². The van der Waals surface area contributed by atoms with Gasteiger partial charge in [-0.25, -0.2) is 0 Å². The van der Waals surface area contributed by atoms with Gasteiger partial charge in [-0.2, -0.15) is 13.2 Å². The fourth-order valence-corrected chi connectivity index (χ4v) is 1.66. The van der Waals surface area contributed by atoms with E-state index in [4.69, 9.17) is 0 Å². The highest BCUT2D eigenvalue weighted by molar-refractivity contribution is 5.60. The molecule has 0 fully saturated rings. The zero-order valence-electron chi connectivity index (χ0n) is 10.9. The van der Waals surface area contributed by atoms with Crippen LogP contribution in [0.3, 0.4) is 0 Å². The molecule has 0 amide bonds. The van der Waals surface area contributed by atoms with Crippen LogP contribution in [0.4, 0.5) is 19.0 Å². The molecule has 1 aromatic carbocycles. The summed E-state index contributed by atoms with van der Waals surface area (Å²) in [5.74, 6) is 0.655. The van der Waals surface area contributed by atoms with Crippen LogP contribution in [0.1, 0.15) is 18.9 Å². The summed E-state index contributed by atoms with van der Waals surface area (Å²) < 4.78 is 37.4. The maximum absolute atomic E-state index is 12.5. The largest absolute Gasteiger partial charge is 0.416 e. The van der Waals surface area contributed by atoms with Crippen LogP contribution in [0, 0.1) is 0 Å². The lowest BCUT2D eigenvalue weighted by Gasteiger charge is -2.07. The molecule has 1 aromatic heterocycles. The molecule has 0 atom stereocenters. The third-order valence-electron chi connectivity index (χ3n) is 2.73. The molecule has 0 saturated heterocycles. The Morgan fingerprint density at radius 1 is 1.00 bits per heavy atom. The summed E-state index contributed by atoms with van der Waals surface area (Å²) in [4.78, 5) is 0. The third kappa shape index (κ3) is 3.46. The Kier molecular flexibility index (Phi) is 4.22. The van der Waals surface area contributed by atoms with Crippen LogP contribution in [0.5, 0.6) is 0 Å². The number of alkyl halides is 3. The molecule has 0 aliphatic rings. The molecule has 106 valence electrons. The molecular weight excluding hydrogens is 267 g/mol. The molecule has 1 N–H and O–H groups in total. The van der Waals surface area contributed by atoms with Gasteiger partial charge < -0.3 is 5.32 Å². The Hall–Kier alpha value is -2.11. The van der Waals surface area contributed by atoms with Gasteiger partial charge in [-0.1, -0.05) is 19.1 Å². The van der Waals surface area contributed by atoms with Crippen molar-refractivity contribution in [3.05, 3.63) is 42.0 Å². The first kappa shape index (κ1) is 14.3. The van der Waals surface area contributed by atoms with Crippen molar-refractivity contribution in [3.63, 3.8) is 0 Å². The zero-order chi connectivity index (χ0) is 14.6. The lowest BCUT2D eigenvalue weighted by molar-refractivity contribution is -0.137. The smallest absolute Gasteiger partial charge is 0.369 e. The van der Waals surface area contributed by atoms with Crippen molar-refractivity contribution in [2.45, 2.75) is 19.5 Å². The number of nitrogens with one attached hydrogen (secondary N) is 1. The van der Waals surface area contributed by atoms with Crippen molar-refractivity contribution >= 4 is 5.82 Å². The number of halogens is 3. The Labute approximate surface area is 114 Å². The van der Waals surface area contributed by atoms with Crippen molar-refractivity contribution in [1.29, 1.82) is 0 Å². The zero-order valence-corrected chi connectivity index (χ0v) is 10.9. The second kappa shape index (κ2) is 5.90. The first-order chi connectivity index (χ1) is 9.50. The number of rotatable bonds is 4. The van der Waals surface area contributed by atoms with E-state index in [1.54, 1.807) is 12.1 Å². The van der Waals surface area contributed by atoms with E-state index in [2.05, 4.69) is 15.5 Å². The van der Waals surface area contributed by atoms with E-state index in [1.165, 1.54) is 12.1 Å². The van der Waals surface area contributed by atoms with Gasteiger partial charge in [0.1, 0.15) is 5.82 Å². The molecule has 6 heteroatoms. The predicted molar refractivity (Wildman–Crippen MR) is 71.3 cm³/mol. The van der Waals surface area contributed by atoms with E-state index in [-0.39, 0.29) is 0 Å². The molecule has 2 aromatic rings. The first-order valence-corrected chi connectivity index (χ1v) is 6.26. The number of aromatic nitrogens is 2. The fraction of sp³-hybridized carbons (Fsp3) is 0.286. The maximum Gasteiger partial charge on any atom is 0.416 e. The number of anilines is 1. The molecule has 0 aliphatic heterocycles. The van der Waals surface area contributed by atoms with Crippen LogP contribution in [-0.4, -0.2) is 16.7 Å². The second-order valence-corrected chi connectivity index (χ2v) is 4.31. The average molecular weight is 281 g/mol. The molecule has 0 aliphatic carbocycles. The highest BCUT2D eigenvalue weighted by Crippen LogP contribution is 2.30. The van der Waals surface area contributed by atoms with E-state index in [1.807, 2.05) is 6.92 Å². The van der Waals surface area contributed by atoms with Crippen molar-refractivity contribution < 1.29 is 13.2 Å². The summed E-state index contributed by atoms with van der Waals surface area (Å²) in [7, 11) is 0. The number of benzene rings is 1. The number of nitrogens with zero attached hydrogens (tertiary/aromatic N) is 2. The third-order valence-corrected chi connectivity index (χ3v) is 2.73. The summed E-state index contributed by atoms with van der Waals surface area (Å²) in [6, 6.07) is 8.36. The number of hydrogen-bond donors (Lipinski definition) is 1. The van der Waals surface area contributed by atoms with Gasteiger partial charge in [-0.3, -0.25) is 0 Å². The standard InChI is InChI=1S/C14H14F3N3/c1-2-9-18-13-8-7-12(19-20-13)10-3-5-11(6-4-10)14(15,16)17/h3-8H,2,9H2,1H3,(H,18,20). The second-order valence-electron chi connectivity index (χ2n) is 4.31. The minimum atomic E-state index is -4.32. The SMILES string of the molecule is CCCNc1ccc(-c2ccc(C(F)(F)F)cc2)nn1. The summed E-state index contributed by atoms with van der Waals surface area (Å²) in [5.41, 5.74) is 0.476. The first-order valence-electron chi connectivity index (χ1n) is 6.26. The monoisotopic (exact) mass is 281 g/mol. The lowest BCUT2D eigenvalue weighted by Crippen LogP contribution is -2.04. The summed E-state index contributed by atoms with van der Waals surface area (Å²) in [6.07, 6.45) is -3.35. The molecule has 0 spiro atoms. The lowest BCUT2D eigenvalue weighted by atomic mass is 10.1. The molecule has 0 saturated carbocycles. The molecular formula is C14H14F3N3. The molecule has 0 radical (unpaired) electrons.